The Bertz CT molecular complexity index is 699. The largest absolute Gasteiger partial charge is 0.425 e. The maximum atomic E-state index is 13.3. The maximum absolute atomic E-state index is 13.3. The number of carbonyl (C=O) groups excluding carboxylic acids is 1. The second kappa shape index (κ2) is 6.24. The molecule has 0 radical (unpaired) electrons. The van der Waals surface area contributed by atoms with Crippen LogP contribution >= 0.6 is 11.3 Å². The maximum Gasteiger partial charge on any atom is 0.425 e. The van der Waals surface area contributed by atoms with E-state index in [1.807, 2.05) is 6.92 Å². The van der Waals surface area contributed by atoms with Crippen molar-refractivity contribution in [2.75, 3.05) is 5.32 Å². The van der Waals surface area contributed by atoms with Crippen molar-refractivity contribution < 1.29 is 23.1 Å². The van der Waals surface area contributed by atoms with Gasteiger partial charge in [-0.05, 0) is 6.42 Å². The molecule has 1 amide bonds. The lowest BCUT2D eigenvalue weighted by Gasteiger charge is -2.29. The predicted octanol–water partition coefficient (Wildman–Crippen LogP) is 1.61. The number of amides is 1. The predicted molar refractivity (Wildman–Crippen MR) is 75.7 cm³/mol. The second-order valence-corrected chi connectivity index (χ2v) is 5.86. The van der Waals surface area contributed by atoms with Crippen molar-refractivity contribution in [2.24, 2.45) is 7.05 Å². The number of hydrogen-bond donors (Lipinski definition) is 2. The third-order valence-electron chi connectivity index (χ3n) is 3.09. The first kappa shape index (κ1) is 17.3. The lowest BCUT2D eigenvalue weighted by molar-refractivity contribution is -0.270. The van der Waals surface area contributed by atoms with E-state index in [1.165, 1.54) is 13.2 Å². The molecule has 2 rings (SSSR count). The molecule has 0 aliphatic rings. The van der Waals surface area contributed by atoms with Gasteiger partial charge in [-0.25, -0.2) is 4.98 Å². The fraction of sp³-hybridized carbons (Fsp3) is 0.500. The number of carbonyl (C=O) groups is 1. The van der Waals surface area contributed by atoms with Crippen LogP contribution in [-0.2, 0) is 23.9 Å². The number of aromatic nitrogens is 4. The molecule has 0 spiro atoms. The third-order valence-corrected chi connectivity index (χ3v) is 4.08. The number of rotatable bonds is 5. The molecule has 2 aromatic rings. The van der Waals surface area contributed by atoms with E-state index in [0.717, 1.165) is 22.1 Å². The molecule has 1 atom stereocenters. The molecule has 2 heterocycles. The van der Waals surface area contributed by atoms with Gasteiger partial charge in [0.15, 0.2) is 5.82 Å². The molecule has 0 aliphatic carbocycles. The third kappa shape index (κ3) is 3.50. The van der Waals surface area contributed by atoms with E-state index in [4.69, 9.17) is 0 Å². The number of imidazole rings is 1. The Hall–Kier alpha value is -2.01. The second-order valence-electron chi connectivity index (χ2n) is 4.80. The molecule has 11 heteroatoms. The molecule has 0 aliphatic heterocycles. The van der Waals surface area contributed by atoms with Crippen LogP contribution < -0.4 is 5.32 Å². The number of nitrogens with one attached hydrogen (secondary N) is 1. The highest BCUT2D eigenvalue weighted by atomic mass is 32.1. The number of nitrogens with zero attached hydrogens (tertiary/aromatic N) is 4. The van der Waals surface area contributed by atoms with Gasteiger partial charge in [-0.3, -0.25) is 4.79 Å². The molecule has 2 aromatic heterocycles. The fourth-order valence-electron chi connectivity index (χ4n) is 1.91. The Kier molecular flexibility index (Phi) is 4.71. The molecular weight excluding hydrogens is 335 g/mol. The van der Waals surface area contributed by atoms with Gasteiger partial charge in [0.2, 0.25) is 16.6 Å². The van der Waals surface area contributed by atoms with Gasteiger partial charge in [-0.2, -0.15) is 13.2 Å². The molecule has 2 N–H and O–H groups in total. The molecule has 0 unspecified atom stereocenters. The van der Waals surface area contributed by atoms with Crippen LogP contribution in [0.3, 0.4) is 0 Å². The lowest BCUT2D eigenvalue weighted by Crippen LogP contribution is -2.46. The highest BCUT2D eigenvalue weighted by Crippen LogP contribution is 2.40. The van der Waals surface area contributed by atoms with E-state index < -0.39 is 29.9 Å². The summed E-state index contributed by atoms with van der Waals surface area (Å²) in [5, 5.41) is 20.4. The quantitative estimate of drug-likeness (QED) is 0.856. The zero-order valence-corrected chi connectivity index (χ0v) is 13.1. The van der Waals surface area contributed by atoms with Crippen molar-refractivity contribution in [1.82, 2.24) is 19.7 Å². The molecule has 126 valence electrons. The Morgan fingerprint density at radius 3 is 2.61 bits per heavy atom. The molecule has 7 nitrogen and oxygen atoms in total. The number of aryl methyl sites for hydroxylation is 2. The van der Waals surface area contributed by atoms with Crippen LogP contribution in [0.5, 0.6) is 0 Å². The van der Waals surface area contributed by atoms with Gasteiger partial charge in [-0.15, -0.1) is 10.2 Å². The van der Waals surface area contributed by atoms with Gasteiger partial charge in [0.25, 0.3) is 0 Å². The van der Waals surface area contributed by atoms with Crippen molar-refractivity contribution in [3.05, 3.63) is 23.2 Å². The number of hydrogen-bond acceptors (Lipinski definition) is 6. The molecular formula is C12H14F3N5O2S. The van der Waals surface area contributed by atoms with Crippen molar-refractivity contribution in [3.63, 3.8) is 0 Å². The molecule has 0 bridgehead atoms. The van der Waals surface area contributed by atoms with Crippen molar-refractivity contribution in [2.45, 2.75) is 31.5 Å². The Morgan fingerprint density at radius 1 is 1.43 bits per heavy atom. The number of halogens is 3. The van der Waals surface area contributed by atoms with Crippen LogP contribution in [0.2, 0.25) is 0 Å². The fourth-order valence-corrected chi connectivity index (χ4v) is 2.61. The standard InChI is InChI=1S/C12H14F3N5O2S/c1-3-8-18-19-10(23-8)17-7(21)6-11(22,12(13,14)15)9-16-4-5-20(9)2/h4-5,22H,3,6H2,1-2H3,(H,17,19,21)/t11-/m1/s1. The Balaban J connectivity index is 2.21. The number of anilines is 1. The molecule has 23 heavy (non-hydrogen) atoms. The van der Waals surface area contributed by atoms with Gasteiger partial charge in [0, 0.05) is 19.4 Å². The van der Waals surface area contributed by atoms with Gasteiger partial charge in [0.1, 0.15) is 5.01 Å². The molecule has 0 aromatic carbocycles. The molecule has 0 saturated carbocycles. The van der Waals surface area contributed by atoms with Crippen LogP contribution in [-0.4, -0.2) is 36.9 Å². The van der Waals surface area contributed by atoms with Crippen molar-refractivity contribution in [3.8, 4) is 0 Å². The minimum absolute atomic E-state index is 0.0798. The zero-order valence-electron chi connectivity index (χ0n) is 12.3. The Labute approximate surface area is 133 Å². The van der Waals surface area contributed by atoms with E-state index in [0.29, 0.717) is 11.4 Å². The number of aliphatic hydroxyl groups is 1. The lowest BCUT2D eigenvalue weighted by atomic mass is 9.97. The summed E-state index contributed by atoms with van der Waals surface area (Å²) in [4.78, 5) is 15.4. The summed E-state index contributed by atoms with van der Waals surface area (Å²) in [5.41, 5.74) is -3.40. The topological polar surface area (TPSA) is 92.9 Å². The van der Waals surface area contributed by atoms with E-state index in [1.54, 1.807) is 0 Å². The van der Waals surface area contributed by atoms with Gasteiger partial charge in [-0.1, -0.05) is 18.3 Å². The van der Waals surface area contributed by atoms with E-state index >= 15 is 0 Å². The average molecular weight is 349 g/mol. The van der Waals surface area contributed by atoms with E-state index in [2.05, 4.69) is 20.5 Å². The highest BCUT2D eigenvalue weighted by Gasteiger charge is 2.58. The summed E-state index contributed by atoms with van der Waals surface area (Å²) in [6.45, 7) is 1.83. The highest BCUT2D eigenvalue weighted by molar-refractivity contribution is 7.15. The van der Waals surface area contributed by atoms with E-state index in [9.17, 15) is 23.1 Å². The minimum atomic E-state index is -5.07. The van der Waals surface area contributed by atoms with Gasteiger partial charge >= 0.3 is 6.18 Å². The van der Waals surface area contributed by atoms with Crippen LogP contribution in [0.25, 0.3) is 0 Å². The first-order valence-corrected chi connectivity index (χ1v) is 7.38. The zero-order chi connectivity index (χ0) is 17.3. The monoisotopic (exact) mass is 349 g/mol. The summed E-state index contributed by atoms with van der Waals surface area (Å²) in [5.74, 6) is -1.70. The van der Waals surface area contributed by atoms with E-state index in [-0.39, 0.29) is 5.13 Å². The minimum Gasteiger partial charge on any atom is -0.374 e. The van der Waals surface area contributed by atoms with Gasteiger partial charge < -0.3 is 15.0 Å². The summed E-state index contributed by atoms with van der Waals surface area (Å²) >= 11 is 1.06. The van der Waals surface area contributed by atoms with Crippen molar-refractivity contribution >= 4 is 22.4 Å². The average Bonchev–Trinajstić information content (AvgIpc) is 3.06. The summed E-state index contributed by atoms with van der Waals surface area (Å²) in [7, 11) is 1.30. The summed E-state index contributed by atoms with van der Waals surface area (Å²) in [6.07, 6.45) is -3.35. The number of alkyl halides is 3. The SMILES string of the molecule is CCc1nnc(NC(=O)C[C@@](O)(c2nccn2C)C(F)(F)F)s1. The summed E-state index contributed by atoms with van der Waals surface area (Å²) < 4.78 is 40.9. The van der Waals surface area contributed by atoms with Crippen LogP contribution in [0.4, 0.5) is 18.3 Å². The smallest absolute Gasteiger partial charge is 0.374 e. The van der Waals surface area contributed by atoms with Crippen molar-refractivity contribution in [1.29, 1.82) is 0 Å². The van der Waals surface area contributed by atoms with Crippen LogP contribution in [0.1, 0.15) is 24.2 Å². The normalized spacial score (nSPS) is 14.5. The van der Waals surface area contributed by atoms with Crippen LogP contribution in [0, 0.1) is 0 Å². The Morgan fingerprint density at radius 2 is 2.13 bits per heavy atom. The summed E-state index contributed by atoms with van der Waals surface area (Å²) in [6, 6.07) is 0. The first-order chi connectivity index (χ1) is 10.7. The van der Waals surface area contributed by atoms with Gasteiger partial charge in [0.05, 0.1) is 6.42 Å². The first-order valence-electron chi connectivity index (χ1n) is 6.56. The molecule has 0 fully saturated rings. The molecule has 0 saturated heterocycles. The van der Waals surface area contributed by atoms with Crippen LogP contribution in [0.15, 0.2) is 12.4 Å².